The Bertz CT molecular complexity index is 1070. The fourth-order valence-electron chi connectivity index (χ4n) is 3.95. The van der Waals surface area contributed by atoms with Crippen LogP contribution in [0.25, 0.3) is 0 Å². The molecule has 1 saturated heterocycles. The van der Waals surface area contributed by atoms with Crippen molar-refractivity contribution in [1.82, 2.24) is 15.1 Å². The lowest BCUT2D eigenvalue weighted by molar-refractivity contribution is -0.116. The number of hydrogen-bond donors (Lipinski definition) is 2. The van der Waals surface area contributed by atoms with Gasteiger partial charge in [-0.15, -0.1) is 6.58 Å². The Morgan fingerprint density at radius 1 is 0.972 bits per heavy atom. The van der Waals surface area contributed by atoms with Crippen molar-refractivity contribution in [2.75, 3.05) is 49.5 Å². The van der Waals surface area contributed by atoms with Gasteiger partial charge in [0.15, 0.2) is 0 Å². The van der Waals surface area contributed by atoms with Crippen molar-refractivity contribution in [3.8, 4) is 0 Å². The summed E-state index contributed by atoms with van der Waals surface area (Å²) in [4.78, 5) is 43.4. The molecule has 36 heavy (non-hydrogen) atoms. The summed E-state index contributed by atoms with van der Waals surface area (Å²) in [6.07, 6.45) is 1.61. The van der Waals surface area contributed by atoms with E-state index in [1.807, 2.05) is 69.0 Å². The largest absolute Gasteiger partial charge is 0.368 e. The van der Waals surface area contributed by atoms with Crippen LogP contribution in [0.2, 0.25) is 0 Å². The van der Waals surface area contributed by atoms with E-state index in [0.717, 1.165) is 24.3 Å². The minimum Gasteiger partial charge on any atom is -0.368 e. The van der Waals surface area contributed by atoms with Crippen molar-refractivity contribution in [2.45, 2.75) is 33.2 Å². The SMILES string of the molecule is C=CCN(CC(=O)Nc1ccc(N2CCN(C(=O)NC(C)(C)C)CC2)cc1)C(=O)c1ccc(C)cc1. The number of hydrogen-bond acceptors (Lipinski definition) is 4. The van der Waals surface area contributed by atoms with Crippen LogP contribution in [0.15, 0.2) is 61.2 Å². The molecular weight excluding hydrogens is 454 g/mol. The maximum Gasteiger partial charge on any atom is 0.317 e. The lowest BCUT2D eigenvalue weighted by atomic mass is 10.1. The van der Waals surface area contributed by atoms with Crippen LogP contribution in [0.1, 0.15) is 36.7 Å². The summed E-state index contributed by atoms with van der Waals surface area (Å²) in [6, 6.07) is 14.9. The van der Waals surface area contributed by atoms with Crippen molar-refractivity contribution >= 4 is 29.2 Å². The summed E-state index contributed by atoms with van der Waals surface area (Å²) in [7, 11) is 0. The van der Waals surface area contributed by atoms with Gasteiger partial charge in [-0.1, -0.05) is 23.8 Å². The van der Waals surface area contributed by atoms with Crippen LogP contribution >= 0.6 is 0 Å². The van der Waals surface area contributed by atoms with E-state index in [1.54, 1.807) is 18.2 Å². The number of amides is 4. The third-order valence-electron chi connectivity index (χ3n) is 5.83. The van der Waals surface area contributed by atoms with Crippen LogP contribution in [0.3, 0.4) is 0 Å². The smallest absolute Gasteiger partial charge is 0.317 e. The Morgan fingerprint density at radius 2 is 1.58 bits per heavy atom. The first-order valence-electron chi connectivity index (χ1n) is 12.2. The van der Waals surface area contributed by atoms with Gasteiger partial charge in [0, 0.05) is 55.2 Å². The first-order valence-corrected chi connectivity index (χ1v) is 12.2. The van der Waals surface area contributed by atoms with Gasteiger partial charge < -0.3 is 25.3 Å². The highest BCUT2D eigenvalue weighted by molar-refractivity contribution is 5.99. The Kier molecular flexibility index (Phi) is 8.74. The van der Waals surface area contributed by atoms with Crippen LogP contribution in [0.5, 0.6) is 0 Å². The molecule has 192 valence electrons. The van der Waals surface area contributed by atoms with Crippen molar-refractivity contribution in [3.05, 3.63) is 72.3 Å². The van der Waals surface area contributed by atoms with Crippen LogP contribution < -0.4 is 15.5 Å². The number of benzene rings is 2. The van der Waals surface area contributed by atoms with Gasteiger partial charge in [0.1, 0.15) is 6.54 Å². The second-order valence-corrected chi connectivity index (χ2v) is 10.1. The molecule has 0 radical (unpaired) electrons. The zero-order valence-corrected chi connectivity index (χ0v) is 21.7. The number of carbonyl (C=O) groups excluding carboxylic acids is 3. The molecule has 3 rings (SSSR count). The van der Waals surface area contributed by atoms with Gasteiger partial charge in [0.25, 0.3) is 5.91 Å². The Morgan fingerprint density at radius 3 is 2.14 bits per heavy atom. The molecule has 0 saturated carbocycles. The zero-order valence-electron chi connectivity index (χ0n) is 21.7. The standard InChI is InChI=1S/C28H37N5O3/c1-6-15-33(26(35)22-9-7-21(2)8-10-22)20-25(34)29-23-11-13-24(14-12-23)31-16-18-32(19-17-31)27(36)30-28(3,4)5/h6-14H,1,15-20H2,2-5H3,(H,29,34)(H,30,36). The van der Waals surface area contributed by atoms with Crippen molar-refractivity contribution in [3.63, 3.8) is 0 Å². The minimum absolute atomic E-state index is 0.0356. The molecule has 2 N–H and O–H groups in total. The van der Waals surface area contributed by atoms with Crippen molar-refractivity contribution in [2.24, 2.45) is 0 Å². The van der Waals surface area contributed by atoms with Crippen LogP contribution in [-0.2, 0) is 4.79 Å². The predicted molar refractivity (Wildman–Crippen MR) is 144 cm³/mol. The molecule has 0 aromatic heterocycles. The second kappa shape index (κ2) is 11.7. The highest BCUT2D eigenvalue weighted by Gasteiger charge is 2.24. The van der Waals surface area contributed by atoms with E-state index in [-0.39, 0.29) is 36.5 Å². The van der Waals surface area contributed by atoms with Gasteiger partial charge >= 0.3 is 6.03 Å². The molecule has 8 nitrogen and oxygen atoms in total. The van der Waals surface area contributed by atoms with Crippen LogP contribution in [0.4, 0.5) is 16.2 Å². The number of aryl methyl sites for hydroxylation is 1. The molecule has 0 atom stereocenters. The van der Waals surface area contributed by atoms with E-state index in [1.165, 1.54) is 4.90 Å². The summed E-state index contributed by atoms with van der Waals surface area (Å²) < 4.78 is 0. The predicted octanol–water partition coefficient (Wildman–Crippen LogP) is 3.89. The third-order valence-corrected chi connectivity index (χ3v) is 5.83. The molecule has 1 aliphatic rings. The van der Waals surface area contributed by atoms with Crippen LogP contribution in [0, 0.1) is 6.92 Å². The number of rotatable bonds is 7. The molecule has 0 unspecified atom stereocenters. The summed E-state index contributed by atoms with van der Waals surface area (Å²) in [5.74, 6) is -0.487. The molecule has 1 aliphatic heterocycles. The molecule has 2 aromatic rings. The lowest BCUT2D eigenvalue weighted by Gasteiger charge is -2.37. The third kappa shape index (κ3) is 7.60. The quantitative estimate of drug-likeness (QED) is 0.576. The molecule has 1 fully saturated rings. The first kappa shape index (κ1) is 26.8. The van der Waals surface area contributed by atoms with Gasteiger partial charge in [-0.2, -0.15) is 0 Å². The monoisotopic (exact) mass is 491 g/mol. The fraction of sp³-hybridized carbons (Fsp3) is 0.393. The van der Waals surface area contributed by atoms with Gasteiger partial charge in [-0.05, 0) is 64.1 Å². The number of urea groups is 1. The number of nitrogens with zero attached hydrogens (tertiary/aromatic N) is 3. The Labute approximate surface area is 213 Å². The summed E-state index contributed by atoms with van der Waals surface area (Å²) in [5.41, 5.74) is 3.04. The molecule has 1 heterocycles. The van der Waals surface area contributed by atoms with Crippen LogP contribution in [-0.4, -0.2) is 72.5 Å². The van der Waals surface area contributed by atoms with E-state index in [9.17, 15) is 14.4 Å². The van der Waals surface area contributed by atoms with Gasteiger partial charge in [0.05, 0.1) is 0 Å². The zero-order chi connectivity index (χ0) is 26.3. The molecule has 8 heteroatoms. The van der Waals surface area contributed by atoms with Crippen molar-refractivity contribution < 1.29 is 14.4 Å². The minimum atomic E-state index is -0.275. The normalized spacial score (nSPS) is 13.7. The summed E-state index contributed by atoms with van der Waals surface area (Å²) >= 11 is 0. The van der Waals surface area contributed by atoms with Gasteiger partial charge in [0.2, 0.25) is 5.91 Å². The highest BCUT2D eigenvalue weighted by Crippen LogP contribution is 2.20. The average Bonchev–Trinajstić information content (AvgIpc) is 2.83. The maximum absolute atomic E-state index is 12.9. The maximum atomic E-state index is 12.9. The molecule has 0 bridgehead atoms. The van der Waals surface area contributed by atoms with Gasteiger partial charge in [-0.25, -0.2) is 4.79 Å². The van der Waals surface area contributed by atoms with E-state index in [0.29, 0.717) is 24.3 Å². The lowest BCUT2D eigenvalue weighted by Crippen LogP contribution is -2.55. The first-order chi connectivity index (χ1) is 17.1. The summed E-state index contributed by atoms with van der Waals surface area (Å²) in [5, 5.41) is 5.88. The second-order valence-electron chi connectivity index (χ2n) is 10.1. The number of piperazine rings is 1. The number of nitrogens with one attached hydrogen (secondary N) is 2. The summed E-state index contributed by atoms with van der Waals surface area (Å²) in [6.45, 7) is 14.6. The molecule has 0 aliphatic carbocycles. The molecule has 2 aromatic carbocycles. The van der Waals surface area contributed by atoms with E-state index in [4.69, 9.17) is 0 Å². The average molecular weight is 492 g/mol. The highest BCUT2D eigenvalue weighted by atomic mass is 16.2. The Hall–Kier alpha value is -3.81. The van der Waals surface area contributed by atoms with E-state index < -0.39 is 0 Å². The van der Waals surface area contributed by atoms with E-state index >= 15 is 0 Å². The van der Waals surface area contributed by atoms with E-state index in [2.05, 4.69) is 22.1 Å². The number of carbonyl (C=O) groups is 3. The van der Waals surface area contributed by atoms with Crippen molar-refractivity contribution in [1.29, 1.82) is 0 Å². The Balaban J connectivity index is 1.53. The number of anilines is 2. The fourth-order valence-corrected chi connectivity index (χ4v) is 3.95. The molecular formula is C28H37N5O3. The molecule has 4 amide bonds. The topological polar surface area (TPSA) is 85.0 Å². The van der Waals surface area contributed by atoms with Gasteiger partial charge in [-0.3, -0.25) is 9.59 Å². The molecule has 0 spiro atoms.